The molecule has 0 unspecified atom stereocenters. The largest absolute Gasteiger partial charge is 0.354 e. The lowest BCUT2D eigenvalue weighted by atomic mass is 10.1. The summed E-state index contributed by atoms with van der Waals surface area (Å²) in [4.78, 5) is 22.9. The highest BCUT2D eigenvalue weighted by atomic mass is 16.5. The Morgan fingerprint density at radius 3 is 2.89 bits per heavy atom. The van der Waals surface area contributed by atoms with Crippen LogP contribution < -0.4 is 5.32 Å². The fourth-order valence-corrected chi connectivity index (χ4v) is 1.32. The van der Waals surface area contributed by atoms with Gasteiger partial charge in [-0.25, -0.2) is 5.06 Å². The van der Waals surface area contributed by atoms with Crippen LogP contribution in [-0.2, 0) is 9.59 Å². The summed E-state index contributed by atoms with van der Waals surface area (Å²) in [6.45, 7) is 0. The number of allylic oxidation sites excluding steroid dienone is 5. The SMILES string of the molecule is O=C(N=N/C=C1/C=CC=CC1=O)C1=CN(O)C=CN1. The number of hydroxylamine groups is 2. The first-order valence-corrected chi connectivity index (χ1v) is 5.33. The number of carbonyl (C=O) groups is 2. The van der Waals surface area contributed by atoms with Gasteiger partial charge in [-0.15, -0.1) is 5.11 Å². The van der Waals surface area contributed by atoms with Gasteiger partial charge in [-0.3, -0.25) is 14.8 Å². The van der Waals surface area contributed by atoms with Crippen molar-refractivity contribution in [2.45, 2.75) is 0 Å². The maximum absolute atomic E-state index is 11.6. The first-order valence-electron chi connectivity index (χ1n) is 5.33. The molecule has 7 nitrogen and oxygen atoms in total. The summed E-state index contributed by atoms with van der Waals surface area (Å²) in [6, 6.07) is 0. The van der Waals surface area contributed by atoms with E-state index >= 15 is 0 Å². The van der Waals surface area contributed by atoms with Gasteiger partial charge in [0, 0.05) is 18.0 Å². The normalized spacial score (nSPS) is 20.1. The maximum Gasteiger partial charge on any atom is 0.313 e. The summed E-state index contributed by atoms with van der Waals surface area (Å²) in [6.07, 6.45) is 11.3. The smallest absolute Gasteiger partial charge is 0.313 e. The van der Waals surface area contributed by atoms with E-state index in [1.165, 1.54) is 24.7 Å². The van der Waals surface area contributed by atoms with Crippen molar-refractivity contribution < 1.29 is 14.8 Å². The van der Waals surface area contributed by atoms with E-state index in [2.05, 4.69) is 15.5 Å². The number of hydrogen-bond donors (Lipinski definition) is 2. The average molecular weight is 258 g/mol. The zero-order chi connectivity index (χ0) is 13.7. The van der Waals surface area contributed by atoms with Crippen LogP contribution in [0.1, 0.15) is 0 Å². The van der Waals surface area contributed by atoms with E-state index in [0.29, 0.717) is 5.57 Å². The van der Waals surface area contributed by atoms with Crippen LogP contribution in [0, 0.1) is 0 Å². The third-order valence-corrected chi connectivity index (χ3v) is 2.22. The number of amides is 1. The molecule has 0 spiro atoms. The van der Waals surface area contributed by atoms with Crippen molar-refractivity contribution in [3.8, 4) is 0 Å². The first kappa shape index (κ1) is 12.7. The Kier molecular flexibility index (Phi) is 3.79. The van der Waals surface area contributed by atoms with Crippen molar-refractivity contribution >= 4 is 11.7 Å². The van der Waals surface area contributed by atoms with Crippen LogP contribution in [0.5, 0.6) is 0 Å². The second-order valence-corrected chi connectivity index (χ2v) is 3.57. The number of azo groups is 1. The Morgan fingerprint density at radius 1 is 1.37 bits per heavy atom. The molecule has 1 aliphatic heterocycles. The van der Waals surface area contributed by atoms with Crippen molar-refractivity contribution in [3.63, 3.8) is 0 Å². The van der Waals surface area contributed by atoms with Crippen molar-refractivity contribution in [2.24, 2.45) is 10.2 Å². The topological polar surface area (TPSA) is 94.4 Å². The lowest BCUT2D eigenvalue weighted by Crippen LogP contribution is -2.22. The third-order valence-electron chi connectivity index (χ3n) is 2.22. The Bertz CT molecular complexity index is 582. The van der Waals surface area contributed by atoms with Crippen LogP contribution in [0.3, 0.4) is 0 Å². The van der Waals surface area contributed by atoms with Crippen LogP contribution in [0.15, 0.2) is 70.6 Å². The second kappa shape index (κ2) is 5.69. The first-order chi connectivity index (χ1) is 9.16. The number of hydrogen-bond acceptors (Lipinski definition) is 6. The fraction of sp³-hybridized carbons (Fsp3) is 0. The fourth-order valence-electron chi connectivity index (χ4n) is 1.32. The average Bonchev–Trinajstić information content (AvgIpc) is 2.41. The number of carbonyl (C=O) groups excluding carboxylic acids is 2. The zero-order valence-electron chi connectivity index (χ0n) is 9.72. The van der Waals surface area contributed by atoms with Gasteiger partial charge in [0.1, 0.15) is 5.70 Å². The van der Waals surface area contributed by atoms with Gasteiger partial charge in [0.25, 0.3) is 0 Å². The van der Waals surface area contributed by atoms with Crippen molar-refractivity contribution in [1.82, 2.24) is 10.4 Å². The molecule has 2 aliphatic rings. The Labute approximate surface area is 108 Å². The predicted molar refractivity (Wildman–Crippen MR) is 65.2 cm³/mol. The molecular weight excluding hydrogens is 248 g/mol. The van der Waals surface area contributed by atoms with E-state index in [1.54, 1.807) is 18.2 Å². The quantitative estimate of drug-likeness (QED) is 0.572. The van der Waals surface area contributed by atoms with Crippen LogP contribution in [0.2, 0.25) is 0 Å². The van der Waals surface area contributed by atoms with Crippen LogP contribution in [0.25, 0.3) is 0 Å². The predicted octanol–water partition coefficient (Wildman–Crippen LogP) is 1.15. The lowest BCUT2D eigenvalue weighted by molar-refractivity contribution is -0.115. The molecule has 1 heterocycles. The molecule has 2 rings (SSSR count). The molecule has 0 saturated carbocycles. The molecule has 0 aromatic heterocycles. The molecular formula is C12H10N4O3. The number of rotatable bonds is 2. The minimum absolute atomic E-state index is 0.0672. The maximum atomic E-state index is 11.6. The lowest BCUT2D eigenvalue weighted by Gasteiger charge is -2.13. The molecule has 0 atom stereocenters. The van der Waals surface area contributed by atoms with E-state index < -0.39 is 5.91 Å². The van der Waals surface area contributed by atoms with Crippen molar-refractivity contribution in [1.29, 1.82) is 0 Å². The Hall–Kier alpha value is -2.80. The number of ketones is 1. The molecule has 0 saturated heterocycles. The summed E-state index contributed by atoms with van der Waals surface area (Å²) < 4.78 is 0. The molecule has 1 aliphatic carbocycles. The highest BCUT2D eigenvalue weighted by Crippen LogP contribution is 2.07. The highest BCUT2D eigenvalue weighted by Gasteiger charge is 2.11. The van der Waals surface area contributed by atoms with Gasteiger partial charge in [-0.05, 0) is 12.2 Å². The monoisotopic (exact) mass is 258 g/mol. The molecule has 0 radical (unpaired) electrons. The summed E-state index contributed by atoms with van der Waals surface area (Å²) in [5.41, 5.74) is 0.408. The van der Waals surface area contributed by atoms with E-state index in [4.69, 9.17) is 5.21 Å². The Morgan fingerprint density at radius 2 is 2.16 bits per heavy atom. The third kappa shape index (κ3) is 3.33. The Balaban J connectivity index is 2.01. The zero-order valence-corrected chi connectivity index (χ0v) is 9.72. The van der Waals surface area contributed by atoms with Crippen molar-refractivity contribution in [2.75, 3.05) is 0 Å². The highest BCUT2D eigenvalue weighted by molar-refractivity contribution is 6.07. The van der Waals surface area contributed by atoms with Crippen molar-refractivity contribution in [3.05, 3.63) is 60.4 Å². The molecule has 0 bridgehead atoms. The summed E-state index contributed by atoms with van der Waals surface area (Å²) in [5, 5.41) is 19.4. The molecule has 1 amide bonds. The van der Waals surface area contributed by atoms with E-state index in [0.717, 1.165) is 11.3 Å². The summed E-state index contributed by atoms with van der Waals surface area (Å²) >= 11 is 0. The number of nitrogens with zero attached hydrogens (tertiary/aromatic N) is 3. The van der Waals surface area contributed by atoms with E-state index in [9.17, 15) is 9.59 Å². The standard InChI is InChI=1S/C12H10N4O3/c17-11-4-2-1-3-9(11)7-14-15-12(18)10-8-16(19)6-5-13-10/h1-8,13,19H/b9-7-,15-14?. The molecule has 19 heavy (non-hydrogen) atoms. The second-order valence-electron chi connectivity index (χ2n) is 3.57. The van der Waals surface area contributed by atoms with E-state index in [1.807, 2.05) is 0 Å². The summed E-state index contributed by atoms with van der Waals surface area (Å²) in [5.74, 6) is -0.864. The van der Waals surface area contributed by atoms with Gasteiger partial charge in [0.05, 0.1) is 12.4 Å². The summed E-state index contributed by atoms with van der Waals surface area (Å²) in [7, 11) is 0. The molecule has 0 aromatic carbocycles. The van der Waals surface area contributed by atoms with E-state index in [-0.39, 0.29) is 11.5 Å². The van der Waals surface area contributed by atoms with Crippen LogP contribution >= 0.6 is 0 Å². The molecule has 2 N–H and O–H groups in total. The number of nitrogens with one attached hydrogen (secondary N) is 1. The molecule has 0 fully saturated rings. The van der Waals surface area contributed by atoms with Gasteiger partial charge < -0.3 is 5.32 Å². The van der Waals surface area contributed by atoms with Gasteiger partial charge in [0.2, 0.25) is 0 Å². The molecule has 0 aromatic rings. The molecule has 96 valence electrons. The van der Waals surface area contributed by atoms with Gasteiger partial charge in [0.15, 0.2) is 5.78 Å². The molecule has 7 heteroatoms. The minimum atomic E-state index is -0.664. The van der Waals surface area contributed by atoms with Gasteiger partial charge >= 0.3 is 5.91 Å². The van der Waals surface area contributed by atoms with Gasteiger partial charge in [-0.1, -0.05) is 12.2 Å². The minimum Gasteiger partial charge on any atom is -0.354 e. The van der Waals surface area contributed by atoms with Crippen LogP contribution in [-0.4, -0.2) is 22.0 Å². The van der Waals surface area contributed by atoms with Crippen LogP contribution in [0.4, 0.5) is 0 Å². The van der Waals surface area contributed by atoms with Gasteiger partial charge in [-0.2, -0.15) is 5.11 Å².